The van der Waals surface area contributed by atoms with Gasteiger partial charge in [-0.3, -0.25) is 0 Å². The van der Waals surface area contributed by atoms with Crippen LogP contribution in [0.25, 0.3) is 0 Å². The van der Waals surface area contributed by atoms with E-state index in [9.17, 15) is 0 Å². The Hall–Kier alpha value is -0.0400. The van der Waals surface area contributed by atoms with Gasteiger partial charge in [0.25, 0.3) is 0 Å². The Morgan fingerprint density at radius 1 is 1.45 bits per heavy atom. The van der Waals surface area contributed by atoms with Gasteiger partial charge in [0.15, 0.2) is 0 Å². The SMILES string of the molecule is CC1CN(C)C2(C)CCCC12. The normalized spacial score (nSPS) is 51.5. The van der Waals surface area contributed by atoms with E-state index < -0.39 is 0 Å². The van der Waals surface area contributed by atoms with E-state index in [1.54, 1.807) is 0 Å². The third-order valence-corrected chi connectivity index (χ3v) is 4.12. The van der Waals surface area contributed by atoms with Gasteiger partial charge >= 0.3 is 0 Å². The van der Waals surface area contributed by atoms with Crippen LogP contribution in [-0.4, -0.2) is 24.0 Å². The summed E-state index contributed by atoms with van der Waals surface area (Å²) in [6.07, 6.45) is 4.36. The zero-order valence-corrected chi connectivity index (χ0v) is 7.93. The summed E-state index contributed by atoms with van der Waals surface area (Å²) < 4.78 is 0. The van der Waals surface area contributed by atoms with Crippen LogP contribution in [0.15, 0.2) is 0 Å². The predicted molar refractivity (Wildman–Crippen MR) is 47.5 cm³/mol. The van der Waals surface area contributed by atoms with Crippen molar-refractivity contribution in [2.45, 2.75) is 38.6 Å². The molecule has 1 heterocycles. The van der Waals surface area contributed by atoms with Crippen molar-refractivity contribution >= 4 is 0 Å². The second kappa shape index (κ2) is 2.22. The van der Waals surface area contributed by atoms with Crippen LogP contribution in [0.1, 0.15) is 33.1 Å². The van der Waals surface area contributed by atoms with E-state index in [2.05, 4.69) is 25.8 Å². The Balaban J connectivity index is 2.25. The lowest BCUT2D eigenvalue weighted by Crippen LogP contribution is -2.39. The zero-order chi connectivity index (χ0) is 8.06. The van der Waals surface area contributed by atoms with Gasteiger partial charge in [0, 0.05) is 12.1 Å². The Labute approximate surface area is 69.8 Å². The standard InChI is InChI=1S/C10H19N/c1-8-7-11(3)10(2)6-4-5-9(8)10/h8-9H,4-7H2,1-3H3. The first-order valence-electron chi connectivity index (χ1n) is 4.86. The van der Waals surface area contributed by atoms with Crippen LogP contribution < -0.4 is 0 Å². The second-order valence-corrected chi connectivity index (χ2v) is 4.71. The quantitative estimate of drug-likeness (QED) is 0.515. The molecule has 0 N–H and O–H groups in total. The van der Waals surface area contributed by atoms with E-state index in [0.29, 0.717) is 5.54 Å². The molecule has 64 valence electrons. The fraction of sp³-hybridized carbons (Fsp3) is 1.00. The molecule has 3 atom stereocenters. The van der Waals surface area contributed by atoms with Gasteiger partial charge in [0.05, 0.1) is 0 Å². The van der Waals surface area contributed by atoms with Crippen molar-refractivity contribution in [2.24, 2.45) is 11.8 Å². The molecule has 0 amide bonds. The highest BCUT2D eigenvalue weighted by Gasteiger charge is 2.49. The van der Waals surface area contributed by atoms with Crippen molar-refractivity contribution in [1.29, 1.82) is 0 Å². The molecule has 1 nitrogen and oxygen atoms in total. The third-order valence-electron chi connectivity index (χ3n) is 4.12. The highest BCUT2D eigenvalue weighted by atomic mass is 15.2. The summed E-state index contributed by atoms with van der Waals surface area (Å²) in [5.74, 6) is 1.93. The summed E-state index contributed by atoms with van der Waals surface area (Å²) in [5.41, 5.74) is 0.569. The number of hydrogen-bond acceptors (Lipinski definition) is 1. The van der Waals surface area contributed by atoms with E-state index in [1.807, 2.05) is 0 Å². The molecule has 1 aliphatic heterocycles. The first-order chi connectivity index (χ1) is 5.14. The van der Waals surface area contributed by atoms with Gasteiger partial charge in [-0.2, -0.15) is 0 Å². The van der Waals surface area contributed by atoms with Crippen molar-refractivity contribution < 1.29 is 0 Å². The zero-order valence-electron chi connectivity index (χ0n) is 7.93. The summed E-state index contributed by atoms with van der Waals surface area (Å²) in [6.45, 7) is 6.19. The molecule has 1 saturated carbocycles. The van der Waals surface area contributed by atoms with Crippen LogP contribution in [0.3, 0.4) is 0 Å². The van der Waals surface area contributed by atoms with Crippen LogP contribution in [-0.2, 0) is 0 Å². The van der Waals surface area contributed by atoms with Gasteiger partial charge in [-0.25, -0.2) is 0 Å². The van der Waals surface area contributed by atoms with Gasteiger partial charge in [0.2, 0.25) is 0 Å². The highest BCUT2D eigenvalue weighted by Crippen LogP contribution is 2.48. The minimum atomic E-state index is 0.569. The van der Waals surface area contributed by atoms with Crippen LogP contribution >= 0.6 is 0 Å². The largest absolute Gasteiger partial charge is 0.300 e. The molecule has 3 unspecified atom stereocenters. The highest BCUT2D eigenvalue weighted by molar-refractivity contribution is 5.03. The number of fused-ring (bicyclic) bond motifs is 1. The molecule has 2 rings (SSSR count). The summed E-state index contributed by atoms with van der Waals surface area (Å²) in [4.78, 5) is 2.58. The number of hydrogen-bond donors (Lipinski definition) is 0. The lowest BCUT2D eigenvalue weighted by molar-refractivity contribution is 0.173. The van der Waals surface area contributed by atoms with Crippen molar-refractivity contribution in [3.8, 4) is 0 Å². The molecule has 2 aliphatic rings. The van der Waals surface area contributed by atoms with Gasteiger partial charge in [-0.15, -0.1) is 0 Å². The van der Waals surface area contributed by atoms with Crippen LogP contribution in [0.4, 0.5) is 0 Å². The van der Waals surface area contributed by atoms with Gasteiger partial charge < -0.3 is 4.90 Å². The van der Waals surface area contributed by atoms with Crippen molar-refractivity contribution in [3.05, 3.63) is 0 Å². The van der Waals surface area contributed by atoms with Crippen molar-refractivity contribution in [2.75, 3.05) is 13.6 Å². The van der Waals surface area contributed by atoms with E-state index in [1.165, 1.54) is 25.8 Å². The topological polar surface area (TPSA) is 3.24 Å². The molecular formula is C10H19N. The predicted octanol–water partition coefficient (Wildman–Crippen LogP) is 2.13. The third kappa shape index (κ3) is 0.868. The average Bonchev–Trinajstić information content (AvgIpc) is 2.39. The first kappa shape index (κ1) is 7.60. The summed E-state index contributed by atoms with van der Waals surface area (Å²) in [5, 5.41) is 0. The van der Waals surface area contributed by atoms with Gasteiger partial charge in [-0.1, -0.05) is 13.3 Å². The van der Waals surface area contributed by atoms with E-state index in [4.69, 9.17) is 0 Å². The number of nitrogens with zero attached hydrogens (tertiary/aromatic N) is 1. The van der Waals surface area contributed by atoms with E-state index in [0.717, 1.165) is 11.8 Å². The molecule has 0 spiro atoms. The molecule has 0 aromatic rings. The minimum absolute atomic E-state index is 0.569. The summed E-state index contributed by atoms with van der Waals surface area (Å²) >= 11 is 0. The number of likely N-dealkylation sites (tertiary alicyclic amines) is 1. The van der Waals surface area contributed by atoms with Gasteiger partial charge in [0.1, 0.15) is 0 Å². The Morgan fingerprint density at radius 3 is 2.82 bits per heavy atom. The van der Waals surface area contributed by atoms with Gasteiger partial charge in [-0.05, 0) is 38.6 Å². The number of rotatable bonds is 0. The molecule has 2 fully saturated rings. The fourth-order valence-corrected chi connectivity index (χ4v) is 3.32. The lowest BCUT2D eigenvalue weighted by Gasteiger charge is -2.32. The van der Waals surface area contributed by atoms with Crippen LogP contribution in [0.2, 0.25) is 0 Å². The molecule has 1 aliphatic carbocycles. The molecule has 0 radical (unpaired) electrons. The molecule has 1 saturated heterocycles. The Morgan fingerprint density at radius 2 is 2.18 bits per heavy atom. The Bertz CT molecular complexity index is 166. The second-order valence-electron chi connectivity index (χ2n) is 4.71. The van der Waals surface area contributed by atoms with Crippen molar-refractivity contribution in [3.63, 3.8) is 0 Å². The first-order valence-corrected chi connectivity index (χ1v) is 4.86. The maximum Gasteiger partial charge on any atom is 0.0209 e. The smallest absolute Gasteiger partial charge is 0.0209 e. The lowest BCUT2D eigenvalue weighted by atomic mass is 9.85. The fourth-order valence-electron chi connectivity index (χ4n) is 3.32. The van der Waals surface area contributed by atoms with Crippen LogP contribution in [0, 0.1) is 11.8 Å². The molecule has 0 bridgehead atoms. The maximum absolute atomic E-state index is 2.58. The monoisotopic (exact) mass is 153 g/mol. The maximum atomic E-state index is 2.58. The van der Waals surface area contributed by atoms with Crippen molar-refractivity contribution in [1.82, 2.24) is 4.90 Å². The molecule has 11 heavy (non-hydrogen) atoms. The molecule has 1 heteroatoms. The molecule has 0 aromatic heterocycles. The molecule has 0 aromatic carbocycles. The van der Waals surface area contributed by atoms with E-state index in [-0.39, 0.29) is 0 Å². The minimum Gasteiger partial charge on any atom is -0.300 e. The molecular weight excluding hydrogens is 134 g/mol. The average molecular weight is 153 g/mol. The summed E-state index contributed by atoms with van der Waals surface area (Å²) in [6, 6.07) is 0. The Kier molecular flexibility index (Phi) is 1.54. The summed E-state index contributed by atoms with van der Waals surface area (Å²) in [7, 11) is 2.29. The van der Waals surface area contributed by atoms with Crippen LogP contribution in [0.5, 0.6) is 0 Å². The van der Waals surface area contributed by atoms with E-state index >= 15 is 0 Å².